The second-order valence-electron chi connectivity index (χ2n) is 4.23. The monoisotopic (exact) mass is 235 g/mol. The lowest BCUT2D eigenvalue weighted by Gasteiger charge is -2.03. The Hall–Kier alpha value is -0.800. The third-order valence-corrected chi connectivity index (χ3v) is 3.94. The largest absolute Gasteiger partial charge is 0.313 e. The average molecular weight is 235 g/mol. The summed E-state index contributed by atoms with van der Waals surface area (Å²) in [4.78, 5) is 12.8. The molecule has 0 radical (unpaired) electrons. The zero-order valence-corrected chi connectivity index (χ0v) is 10.3. The molecule has 0 bridgehead atoms. The number of benzene rings is 1. The van der Waals surface area contributed by atoms with E-state index < -0.39 is 0 Å². The van der Waals surface area contributed by atoms with Gasteiger partial charge in [0, 0.05) is 16.2 Å². The van der Waals surface area contributed by atoms with Gasteiger partial charge in [0.05, 0.1) is 6.54 Å². The summed E-state index contributed by atoms with van der Waals surface area (Å²) in [5, 5.41) is 2.87. The van der Waals surface area contributed by atoms with Crippen molar-refractivity contribution < 1.29 is 4.79 Å². The summed E-state index contributed by atoms with van der Waals surface area (Å²) in [6, 6.07) is 7.95. The number of Topliss-reactive ketones (excluding diaryl/α,β-unsaturated/α-hetero) is 1. The number of nitrogens with one attached hydrogen (secondary N) is 1. The third-order valence-electron chi connectivity index (χ3n) is 2.70. The highest BCUT2D eigenvalue weighted by atomic mass is 32.2. The van der Waals surface area contributed by atoms with Crippen LogP contribution in [0.2, 0.25) is 0 Å². The van der Waals surface area contributed by atoms with Crippen LogP contribution in [0.25, 0.3) is 0 Å². The van der Waals surface area contributed by atoms with Crippen LogP contribution in [0.15, 0.2) is 29.2 Å². The third kappa shape index (κ3) is 3.35. The molecule has 1 saturated carbocycles. The molecule has 0 unspecified atom stereocenters. The van der Waals surface area contributed by atoms with Crippen molar-refractivity contribution >= 4 is 17.5 Å². The highest BCUT2D eigenvalue weighted by Crippen LogP contribution is 2.34. The predicted octanol–water partition coefficient (Wildman–Crippen LogP) is 2.59. The normalized spacial score (nSPS) is 15.1. The van der Waals surface area contributed by atoms with Gasteiger partial charge in [-0.1, -0.05) is 12.1 Å². The van der Waals surface area contributed by atoms with Gasteiger partial charge < -0.3 is 5.32 Å². The van der Waals surface area contributed by atoms with Crippen molar-refractivity contribution in [1.29, 1.82) is 0 Å². The number of carbonyl (C=O) groups excluding carboxylic acids is 1. The minimum Gasteiger partial charge on any atom is -0.313 e. The number of thioether (sulfide) groups is 1. The highest BCUT2D eigenvalue weighted by molar-refractivity contribution is 7.99. The van der Waals surface area contributed by atoms with E-state index in [9.17, 15) is 4.79 Å². The molecule has 2 nitrogen and oxygen atoms in total. The lowest BCUT2D eigenvalue weighted by Crippen LogP contribution is -2.18. The van der Waals surface area contributed by atoms with E-state index in [0.717, 1.165) is 11.5 Å². The van der Waals surface area contributed by atoms with Crippen LogP contribution >= 0.6 is 11.8 Å². The molecule has 0 aromatic heterocycles. The Bertz CT molecular complexity index is 357. The Morgan fingerprint density at radius 1 is 1.38 bits per heavy atom. The highest BCUT2D eigenvalue weighted by Gasteiger charge is 2.20. The summed E-state index contributed by atoms with van der Waals surface area (Å²) in [5.41, 5.74) is 0.796. The summed E-state index contributed by atoms with van der Waals surface area (Å²) in [6.07, 6.45) is 2.79. The van der Waals surface area contributed by atoms with Gasteiger partial charge in [-0.15, -0.1) is 11.8 Å². The molecule has 2 rings (SSSR count). The van der Waals surface area contributed by atoms with Crippen molar-refractivity contribution in [3.8, 4) is 0 Å². The molecule has 0 atom stereocenters. The van der Waals surface area contributed by atoms with E-state index >= 15 is 0 Å². The minimum atomic E-state index is 0.154. The standard InChI is InChI=1S/C13H17NOS/c1-14-8-13(15)11-4-6-12(7-5-11)16-9-10-2-3-10/h4-7,10,14H,2-3,8-9H2,1H3. The number of hydrogen-bond acceptors (Lipinski definition) is 3. The van der Waals surface area contributed by atoms with Crippen LogP contribution in [-0.2, 0) is 0 Å². The lowest BCUT2D eigenvalue weighted by molar-refractivity contribution is 0.0993. The zero-order chi connectivity index (χ0) is 11.4. The van der Waals surface area contributed by atoms with E-state index in [2.05, 4.69) is 17.4 Å². The Balaban J connectivity index is 1.89. The van der Waals surface area contributed by atoms with Gasteiger partial charge in [-0.3, -0.25) is 4.79 Å². The summed E-state index contributed by atoms with van der Waals surface area (Å²) in [5.74, 6) is 2.32. The number of hydrogen-bond donors (Lipinski definition) is 1. The molecular formula is C13H17NOS. The van der Waals surface area contributed by atoms with Gasteiger partial charge in [0.25, 0.3) is 0 Å². The van der Waals surface area contributed by atoms with Gasteiger partial charge in [-0.05, 0) is 37.9 Å². The van der Waals surface area contributed by atoms with Crippen molar-refractivity contribution in [2.45, 2.75) is 17.7 Å². The van der Waals surface area contributed by atoms with Crippen molar-refractivity contribution in [3.05, 3.63) is 29.8 Å². The topological polar surface area (TPSA) is 29.1 Å². The Labute approximate surface area is 101 Å². The fourth-order valence-electron chi connectivity index (χ4n) is 1.50. The maximum Gasteiger partial charge on any atom is 0.176 e. The molecule has 1 aromatic carbocycles. The first-order valence-corrected chi connectivity index (χ1v) is 6.69. The van der Waals surface area contributed by atoms with Crippen molar-refractivity contribution in [1.82, 2.24) is 5.32 Å². The smallest absolute Gasteiger partial charge is 0.176 e. The first kappa shape index (κ1) is 11.7. The van der Waals surface area contributed by atoms with Crippen LogP contribution in [0.5, 0.6) is 0 Å². The van der Waals surface area contributed by atoms with E-state index in [1.807, 2.05) is 23.9 Å². The number of likely N-dealkylation sites (N-methyl/N-ethyl adjacent to an activating group) is 1. The Kier molecular flexibility index (Phi) is 4.02. The minimum absolute atomic E-state index is 0.154. The lowest BCUT2D eigenvalue weighted by atomic mass is 10.1. The second-order valence-corrected chi connectivity index (χ2v) is 5.33. The second kappa shape index (κ2) is 5.51. The summed E-state index contributed by atoms with van der Waals surface area (Å²) < 4.78 is 0. The molecule has 0 aliphatic heterocycles. The van der Waals surface area contributed by atoms with Gasteiger partial charge in [0.2, 0.25) is 0 Å². The molecule has 1 fully saturated rings. The Morgan fingerprint density at radius 3 is 2.62 bits per heavy atom. The molecule has 1 aliphatic carbocycles. The molecule has 86 valence electrons. The van der Waals surface area contributed by atoms with Gasteiger partial charge in [-0.25, -0.2) is 0 Å². The Morgan fingerprint density at radius 2 is 2.06 bits per heavy atom. The number of rotatable bonds is 6. The van der Waals surface area contributed by atoms with Crippen molar-refractivity contribution in [2.24, 2.45) is 5.92 Å². The maximum absolute atomic E-state index is 11.6. The fourth-order valence-corrected chi connectivity index (χ4v) is 2.59. The maximum atomic E-state index is 11.6. The SMILES string of the molecule is CNCC(=O)c1ccc(SCC2CC2)cc1. The van der Waals surface area contributed by atoms with Gasteiger partial charge in [-0.2, -0.15) is 0 Å². The first-order valence-electron chi connectivity index (χ1n) is 5.70. The van der Waals surface area contributed by atoms with Crippen LogP contribution in [0.3, 0.4) is 0 Å². The molecule has 16 heavy (non-hydrogen) atoms. The van der Waals surface area contributed by atoms with Crippen LogP contribution < -0.4 is 5.32 Å². The van der Waals surface area contributed by atoms with Crippen LogP contribution in [0.1, 0.15) is 23.2 Å². The molecular weight excluding hydrogens is 218 g/mol. The van der Waals surface area contributed by atoms with Crippen LogP contribution in [0, 0.1) is 5.92 Å². The van der Waals surface area contributed by atoms with E-state index in [1.165, 1.54) is 23.5 Å². The molecule has 1 aliphatic rings. The number of carbonyl (C=O) groups is 1. The summed E-state index contributed by atoms with van der Waals surface area (Å²) >= 11 is 1.90. The average Bonchev–Trinajstić information content (AvgIpc) is 3.11. The van der Waals surface area contributed by atoms with E-state index in [1.54, 1.807) is 7.05 Å². The fraction of sp³-hybridized carbons (Fsp3) is 0.462. The summed E-state index contributed by atoms with van der Waals surface area (Å²) in [7, 11) is 1.79. The van der Waals surface area contributed by atoms with Gasteiger partial charge in [0.1, 0.15) is 0 Å². The van der Waals surface area contributed by atoms with Crippen molar-refractivity contribution in [2.75, 3.05) is 19.3 Å². The first-order chi connectivity index (χ1) is 7.79. The summed E-state index contributed by atoms with van der Waals surface area (Å²) in [6.45, 7) is 0.411. The van der Waals surface area contributed by atoms with E-state index in [4.69, 9.17) is 0 Å². The van der Waals surface area contributed by atoms with Crippen LogP contribution in [-0.4, -0.2) is 25.1 Å². The molecule has 0 saturated heterocycles. The molecule has 3 heteroatoms. The zero-order valence-electron chi connectivity index (χ0n) is 9.53. The predicted molar refractivity (Wildman–Crippen MR) is 68.1 cm³/mol. The molecule has 0 spiro atoms. The van der Waals surface area contributed by atoms with Crippen molar-refractivity contribution in [3.63, 3.8) is 0 Å². The van der Waals surface area contributed by atoms with E-state index in [-0.39, 0.29) is 5.78 Å². The molecule has 0 amide bonds. The van der Waals surface area contributed by atoms with Gasteiger partial charge >= 0.3 is 0 Å². The quantitative estimate of drug-likeness (QED) is 0.607. The molecule has 0 heterocycles. The molecule has 1 aromatic rings. The number of ketones is 1. The van der Waals surface area contributed by atoms with Crippen LogP contribution in [0.4, 0.5) is 0 Å². The van der Waals surface area contributed by atoms with E-state index in [0.29, 0.717) is 6.54 Å². The molecule has 1 N–H and O–H groups in total. The van der Waals surface area contributed by atoms with Gasteiger partial charge in [0.15, 0.2) is 5.78 Å².